The zero-order valence-corrected chi connectivity index (χ0v) is 24.1. The van der Waals surface area contributed by atoms with E-state index in [1.54, 1.807) is 0 Å². The quantitative estimate of drug-likeness (QED) is 0.0648. The minimum Gasteiger partial charge on any atom is -0.481 e. The van der Waals surface area contributed by atoms with Crippen LogP contribution in [0.4, 0.5) is 0 Å². The number of aliphatic carboxylic acids is 1. The van der Waals surface area contributed by atoms with Gasteiger partial charge in [0.05, 0.1) is 18.9 Å². The van der Waals surface area contributed by atoms with E-state index < -0.39 is 17.9 Å². The molecule has 4 nitrogen and oxygen atoms in total. The van der Waals surface area contributed by atoms with Gasteiger partial charge in [0.25, 0.3) is 0 Å². The van der Waals surface area contributed by atoms with Gasteiger partial charge in [0.1, 0.15) is 0 Å². The van der Waals surface area contributed by atoms with Gasteiger partial charge in [-0.15, -0.1) is 0 Å². The van der Waals surface area contributed by atoms with Crippen LogP contribution in [0, 0.1) is 5.92 Å². The number of allylic oxidation sites excluding steroid dienone is 2. The zero-order valence-electron chi connectivity index (χ0n) is 24.1. The van der Waals surface area contributed by atoms with Gasteiger partial charge in [-0.1, -0.05) is 148 Å². The zero-order chi connectivity index (χ0) is 26.5. The van der Waals surface area contributed by atoms with Gasteiger partial charge in [-0.2, -0.15) is 0 Å². The number of carbonyl (C=O) groups is 2. The second-order valence-corrected chi connectivity index (χ2v) is 10.7. The molecule has 0 aromatic rings. The van der Waals surface area contributed by atoms with Crippen LogP contribution in [0.15, 0.2) is 12.2 Å². The standard InChI is InChI=1S/C32H60O4/c1-3-5-6-7-8-9-10-11-12-13-14-15-16-17-18-19-20-21-22-23-24-25-26-27-30(32(34)35)29-31(33)36-28-4-2/h25-26,30H,3-24,27-29H2,1-2H3,(H,34,35)/b26-25+. The Kier molecular flexibility index (Phi) is 27.2. The number of rotatable bonds is 28. The second-order valence-electron chi connectivity index (χ2n) is 10.7. The molecule has 0 aromatic heterocycles. The van der Waals surface area contributed by atoms with Crippen LogP contribution in [-0.2, 0) is 14.3 Å². The smallest absolute Gasteiger partial charge is 0.307 e. The normalized spacial score (nSPS) is 12.3. The van der Waals surface area contributed by atoms with Crippen molar-refractivity contribution in [3.05, 3.63) is 12.2 Å². The Hall–Kier alpha value is -1.32. The van der Waals surface area contributed by atoms with Crippen LogP contribution in [0.25, 0.3) is 0 Å². The third-order valence-electron chi connectivity index (χ3n) is 7.04. The second kappa shape index (κ2) is 28.3. The fourth-order valence-electron chi connectivity index (χ4n) is 4.64. The van der Waals surface area contributed by atoms with Gasteiger partial charge in [0.2, 0.25) is 0 Å². The first-order valence-corrected chi connectivity index (χ1v) is 15.6. The Bertz CT molecular complexity index is 514. The fourth-order valence-corrected chi connectivity index (χ4v) is 4.64. The number of hydrogen-bond acceptors (Lipinski definition) is 3. The number of carboxylic acids is 1. The highest BCUT2D eigenvalue weighted by Crippen LogP contribution is 2.16. The first-order valence-electron chi connectivity index (χ1n) is 15.6. The van der Waals surface area contributed by atoms with Gasteiger partial charge in [-0.05, 0) is 25.7 Å². The Balaban J connectivity index is 3.37. The third-order valence-corrected chi connectivity index (χ3v) is 7.04. The average Bonchev–Trinajstić information content (AvgIpc) is 2.87. The summed E-state index contributed by atoms with van der Waals surface area (Å²) in [7, 11) is 0. The molecule has 0 aliphatic rings. The number of carboxylic acid groups (broad SMARTS) is 1. The summed E-state index contributed by atoms with van der Waals surface area (Å²) in [6.45, 7) is 4.57. The van der Waals surface area contributed by atoms with Crippen molar-refractivity contribution in [3.8, 4) is 0 Å². The fraction of sp³-hybridized carbons (Fsp3) is 0.875. The molecule has 0 aliphatic carbocycles. The topological polar surface area (TPSA) is 63.6 Å². The lowest BCUT2D eigenvalue weighted by Crippen LogP contribution is -2.19. The number of ether oxygens (including phenoxy) is 1. The van der Waals surface area contributed by atoms with Crippen molar-refractivity contribution in [1.82, 2.24) is 0 Å². The van der Waals surface area contributed by atoms with E-state index >= 15 is 0 Å². The molecule has 0 rings (SSSR count). The maximum absolute atomic E-state index is 11.6. The largest absolute Gasteiger partial charge is 0.481 e. The molecule has 0 aliphatic heterocycles. The number of unbranched alkanes of at least 4 members (excludes halogenated alkanes) is 20. The molecule has 0 bridgehead atoms. The van der Waals surface area contributed by atoms with E-state index in [1.807, 2.05) is 13.0 Å². The first kappa shape index (κ1) is 34.7. The Morgan fingerprint density at radius 3 is 1.42 bits per heavy atom. The minimum atomic E-state index is -0.924. The molecule has 1 N–H and O–H groups in total. The highest BCUT2D eigenvalue weighted by atomic mass is 16.5. The number of esters is 1. The van der Waals surface area contributed by atoms with Crippen LogP contribution in [0.3, 0.4) is 0 Å². The van der Waals surface area contributed by atoms with Crippen molar-refractivity contribution in [2.45, 2.75) is 168 Å². The highest BCUT2D eigenvalue weighted by Gasteiger charge is 2.20. The first-order chi connectivity index (χ1) is 17.6. The predicted octanol–water partition coefficient (Wildman–Crippen LogP) is 10.2. The molecular formula is C32H60O4. The van der Waals surface area contributed by atoms with Crippen LogP contribution in [0.2, 0.25) is 0 Å². The lowest BCUT2D eigenvalue weighted by atomic mass is 10.0. The molecule has 1 unspecified atom stereocenters. The summed E-state index contributed by atoms with van der Waals surface area (Å²) < 4.78 is 5.00. The minimum absolute atomic E-state index is 0.0427. The lowest BCUT2D eigenvalue weighted by molar-refractivity contribution is -0.151. The van der Waals surface area contributed by atoms with Crippen molar-refractivity contribution in [2.75, 3.05) is 6.61 Å². The maximum atomic E-state index is 11.6. The molecule has 0 fully saturated rings. The van der Waals surface area contributed by atoms with E-state index in [9.17, 15) is 14.7 Å². The van der Waals surface area contributed by atoms with Gasteiger partial charge in [0, 0.05) is 0 Å². The summed E-state index contributed by atoms with van der Waals surface area (Å²) in [6.07, 6.45) is 33.9. The van der Waals surface area contributed by atoms with Crippen molar-refractivity contribution >= 4 is 11.9 Å². The number of hydrogen-bond donors (Lipinski definition) is 1. The molecule has 4 heteroatoms. The molecule has 0 saturated carbocycles. The van der Waals surface area contributed by atoms with E-state index in [1.165, 1.54) is 122 Å². The van der Waals surface area contributed by atoms with Gasteiger partial charge in [0.15, 0.2) is 0 Å². The summed E-state index contributed by atoms with van der Waals surface area (Å²) in [5.41, 5.74) is 0. The highest BCUT2D eigenvalue weighted by molar-refractivity contribution is 5.78. The molecule has 0 radical (unpaired) electrons. The van der Waals surface area contributed by atoms with Gasteiger partial charge in [-0.25, -0.2) is 0 Å². The lowest BCUT2D eigenvalue weighted by Gasteiger charge is -2.09. The van der Waals surface area contributed by atoms with Crippen LogP contribution in [0.1, 0.15) is 168 Å². The van der Waals surface area contributed by atoms with Gasteiger partial charge < -0.3 is 9.84 Å². The summed E-state index contributed by atoms with van der Waals surface area (Å²) in [6, 6.07) is 0. The van der Waals surface area contributed by atoms with Crippen molar-refractivity contribution in [3.63, 3.8) is 0 Å². The molecule has 0 saturated heterocycles. The van der Waals surface area contributed by atoms with E-state index in [-0.39, 0.29) is 6.42 Å². The summed E-state index contributed by atoms with van der Waals surface area (Å²) in [5, 5.41) is 9.28. The molecule has 0 spiro atoms. The Labute approximate surface area is 224 Å². The van der Waals surface area contributed by atoms with Crippen LogP contribution in [-0.4, -0.2) is 23.7 Å². The van der Waals surface area contributed by atoms with Gasteiger partial charge in [-0.3, -0.25) is 9.59 Å². The van der Waals surface area contributed by atoms with Crippen LogP contribution in [0.5, 0.6) is 0 Å². The third kappa shape index (κ3) is 25.8. The van der Waals surface area contributed by atoms with Crippen molar-refractivity contribution in [2.24, 2.45) is 5.92 Å². The van der Waals surface area contributed by atoms with Crippen molar-refractivity contribution < 1.29 is 19.4 Å². The van der Waals surface area contributed by atoms with E-state index in [2.05, 4.69) is 13.0 Å². The molecule has 212 valence electrons. The SMILES string of the molecule is CCCCCCCCCCCCCCCCCCCCCC/C=C/CC(CC(=O)OCCC)C(=O)O. The molecule has 0 aromatic carbocycles. The molecule has 0 heterocycles. The monoisotopic (exact) mass is 508 g/mol. The van der Waals surface area contributed by atoms with E-state index in [0.29, 0.717) is 13.0 Å². The molecule has 0 amide bonds. The summed E-state index contributed by atoms with van der Waals surface area (Å²) in [5.74, 6) is -2.01. The Morgan fingerprint density at radius 2 is 1.03 bits per heavy atom. The van der Waals surface area contributed by atoms with Crippen LogP contribution < -0.4 is 0 Å². The van der Waals surface area contributed by atoms with E-state index in [4.69, 9.17) is 4.74 Å². The average molecular weight is 509 g/mol. The molecule has 36 heavy (non-hydrogen) atoms. The van der Waals surface area contributed by atoms with Crippen LogP contribution >= 0.6 is 0 Å². The summed E-state index contributed by atoms with van der Waals surface area (Å²) in [4.78, 5) is 23.0. The maximum Gasteiger partial charge on any atom is 0.307 e. The molecular weight excluding hydrogens is 448 g/mol. The Morgan fingerprint density at radius 1 is 0.611 bits per heavy atom. The van der Waals surface area contributed by atoms with Crippen molar-refractivity contribution in [1.29, 1.82) is 0 Å². The number of carbonyl (C=O) groups excluding carboxylic acids is 1. The predicted molar refractivity (Wildman–Crippen MR) is 153 cm³/mol. The molecule has 1 atom stereocenters. The van der Waals surface area contributed by atoms with E-state index in [0.717, 1.165) is 19.3 Å². The van der Waals surface area contributed by atoms with Gasteiger partial charge >= 0.3 is 11.9 Å². The summed E-state index contributed by atoms with van der Waals surface area (Å²) >= 11 is 0.